The first-order chi connectivity index (χ1) is 14.1. The predicted octanol–water partition coefficient (Wildman–Crippen LogP) is 3.37. The minimum atomic E-state index is -0.894. The van der Waals surface area contributed by atoms with Crippen LogP contribution < -0.4 is 10.1 Å². The van der Waals surface area contributed by atoms with Gasteiger partial charge in [0.05, 0.1) is 11.3 Å². The molecule has 2 atom stereocenters. The van der Waals surface area contributed by atoms with E-state index in [1.54, 1.807) is 18.3 Å². The number of benzene rings is 1. The number of ketones is 1. The van der Waals surface area contributed by atoms with Crippen molar-refractivity contribution in [1.82, 2.24) is 20.5 Å². The van der Waals surface area contributed by atoms with Crippen LogP contribution in [0.15, 0.2) is 36.2 Å². The fraction of sp³-hybridized carbons (Fsp3) is 0.318. The van der Waals surface area contributed by atoms with Crippen LogP contribution in [0, 0.1) is 12.8 Å². The number of hydrogen-bond acceptors (Lipinski definition) is 5. The number of aromatic nitrogens is 3. The highest BCUT2D eigenvalue weighted by Gasteiger charge is 2.33. The molecular weight excluding hydrogens is 371 g/mol. The second-order valence-electron chi connectivity index (χ2n) is 7.66. The summed E-state index contributed by atoms with van der Waals surface area (Å²) in [6.07, 6.45) is 3.76. The molecule has 5 rings (SSSR count). The van der Waals surface area contributed by atoms with Gasteiger partial charge in [-0.15, -0.1) is 0 Å². The summed E-state index contributed by atoms with van der Waals surface area (Å²) in [5.74, 6) is 0.536. The zero-order valence-electron chi connectivity index (χ0n) is 16.0. The largest absolute Gasteiger partial charge is 0.452 e. The number of alkyl halides is 1. The van der Waals surface area contributed by atoms with Crippen LogP contribution in [0.25, 0.3) is 17.1 Å². The van der Waals surface area contributed by atoms with Crippen LogP contribution in [0.3, 0.4) is 0 Å². The quantitative estimate of drug-likeness (QED) is 0.668. The second-order valence-corrected chi connectivity index (χ2v) is 7.66. The zero-order chi connectivity index (χ0) is 20.0. The first-order valence-electron chi connectivity index (χ1n) is 9.82. The van der Waals surface area contributed by atoms with Gasteiger partial charge >= 0.3 is 0 Å². The Labute approximate surface area is 167 Å². The van der Waals surface area contributed by atoms with E-state index in [9.17, 15) is 9.18 Å². The Morgan fingerprint density at radius 2 is 2.24 bits per heavy atom. The van der Waals surface area contributed by atoms with Crippen LogP contribution in [-0.4, -0.2) is 40.2 Å². The third-order valence-electron chi connectivity index (χ3n) is 5.82. The van der Waals surface area contributed by atoms with Crippen molar-refractivity contribution in [3.8, 4) is 5.75 Å². The van der Waals surface area contributed by atoms with Gasteiger partial charge in [-0.25, -0.2) is 9.37 Å². The highest BCUT2D eigenvalue weighted by molar-refractivity contribution is 6.15. The lowest BCUT2D eigenvalue weighted by atomic mass is 9.86. The maximum Gasteiger partial charge on any atom is 0.232 e. The molecule has 2 aliphatic rings. The van der Waals surface area contributed by atoms with Gasteiger partial charge in [-0.2, -0.15) is 5.10 Å². The zero-order valence-corrected chi connectivity index (χ0v) is 16.0. The van der Waals surface area contributed by atoms with E-state index in [1.165, 1.54) is 0 Å². The van der Waals surface area contributed by atoms with Gasteiger partial charge in [-0.05, 0) is 61.6 Å². The maximum absolute atomic E-state index is 14.4. The summed E-state index contributed by atoms with van der Waals surface area (Å²) in [4.78, 5) is 17.2. The number of carbonyl (C=O) groups is 1. The summed E-state index contributed by atoms with van der Waals surface area (Å²) in [6.45, 7) is 3.17. The fourth-order valence-electron chi connectivity index (χ4n) is 4.14. The van der Waals surface area contributed by atoms with Gasteiger partial charge in [-0.3, -0.25) is 9.89 Å². The molecule has 3 aromatic rings. The Morgan fingerprint density at radius 1 is 1.34 bits per heavy atom. The predicted molar refractivity (Wildman–Crippen MR) is 108 cm³/mol. The molecule has 1 aromatic carbocycles. The van der Waals surface area contributed by atoms with Crippen molar-refractivity contribution in [2.75, 3.05) is 13.1 Å². The number of pyridine rings is 1. The Bertz CT molecular complexity index is 1140. The van der Waals surface area contributed by atoms with Crippen LogP contribution in [0.1, 0.15) is 33.6 Å². The second kappa shape index (κ2) is 7.08. The molecule has 0 spiro atoms. The van der Waals surface area contributed by atoms with E-state index < -0.39 is 6.17 Å². The number of hydrogen-bond donors (Lipinski definition) is 2. The minimum Gasteiger partial charge on any atom is -0.452 e. The molecule has 1 fully saturated rings. The molecule has 2 N–H and O–H groups in total. The van der Waals surface area contributed by atoms with Gasteiger partial charge < -0.3 is 10.1 Å². The normalized spacial score (nSPS) is 22.8. The summed E-state index contributed by atoms with van der Waals surface area (Å²) in [7, 11) is 0. The summed E-state index contributed by atoms with van der Waals surface area (Å²) in [6, 6.07) is 7.41. The number of nitrogens with zero attached hydrogens (tertiary/aromatic N) is 2. The van der Waals surface area contributed by atoms with E-state index >= 15 is 0 Å². The smallest absolute Gasteiger partial charge is 0.232 e. The molecule has 1 unspecified atom stereocenters. The van der Waals surface area contributed by atoms with Gasteiger partial charge in [0.1, 0.15) is 11.9 Å². The molecule has 148 valence electrons. The number of rotatable bonds is 3. The monoisotopic (exact) mass is 392 g/mol. The summed E-state index contributed by atoms with van der Waals surface area (Å²) in [5.41, 5.74) is 3.71. The van der Waals surface area contributed by atoms with Crippen LogP contribution in [0.2, 0.25) is 0 Å². The third-order valence-corrected chi connectivity index (χ3v) is 5.82. The number of carbonyl (C=O) groups excluding carboxylic acids is 1. The summed E-state index contributed by atoms with van der Waals surface area (Å²) >= 11 is 0. The Hall–Kier alpha value is -3.06. The van der Waals surface area contributed by atoms with Crippen LogP contribution in [0.5, 0.6) is 5.75 Å². The molecule has 0 bridgehead atoms. The van der Waals surface area contributed by atoms with Gasteiger partial charge in [0, 0.05) is 24.2 Å². The molecule has 4 heterocycles. The lowest BCUT2D eigenvalue weighted by molar-refractivity contribution is 0.101. The van der Waals surface area contributed by atoms with E-state index in [1.807, 2.05) is 25.1 Å². The first-order valence-corrected chi connectivity index (χ1v) is 9.82. The van der Waals surface area contributed by atoms with E-state index in [4.69, 9.17) is 4.74 Å². The van der Waals surface area contributed by atoms with Crippen LogP contribution >= 0.6 is 0 Å². The summed E-state index contributed by atoms with van der Waals surface area (Å²) in [5, 5.41) is 11.0. The molecule has 2 aromatic heterocycles. The van der Waals surface area contributed by atoms with Crippen molar-refractivity contribution < 1.29 is 13.9 Å². The lowest BCUT2D eigenvalue weighted by Crippen LogP contribution is -2.39. The molecule has 6 nitrogen and oxygen atoms in total. The van der Waals surface area contributed by atoms with E-state index in [-0.39, 0.29) is 17.5 Å². The van der Waals surface area contributed by atoms with Crippen LogP contribution in [-0.2, 0) is 6.42 Å². The highest BCUT2D eigenvalue weighted by atomic mass is 19.1. The number of piperidine rings is 1. The van der Waals surface area contributed by atoms with Crippen molar-refractivity contribution >= 4 is 22.9 Å². The van der Waals surface area contributed by atoms with E-state index in [0.717, 1.165) is 29.5 Å². The van der Waals surface area contributed by atoms with Gasteiger partial charge in [-0.1, -0.05) is 6.07 Å². The molecule has 0 amide bonds. The van der Waals surface area contributed by atoms with Crippen molar-refractivity contribution in [2.24, 2.45) is 5.92 Å². The number of ether oxygens (including phenoxy) is 1. The average molecular weight is 392 g/mol. The fourth-order valence-corrected chi connectivity index (χ4v) is 4.14. The molecule has 29 heavy (non-hydrogen) atoms. The van der Waals surface area contributed by atoms with Crippen molar-refractivity contribution in [2.45, 2.75) is 25.9 Å². The number of nitrogens with one attached hydrogen (secondary N) is 2. The van der Waals surface area contributed by atoms with Crippen molar-refractivity contribution in [3.05, 3.63) is 58.6 Å². The first kappa shape index (κ1) is 18.0. The number of Topliss-reactive ketones (excluding diaryl/α,β-unsaturated/α-hetero) is 1. The number of aromatic amines is 1. The lowest BCUT2D eigenvalue weighted by Gasteiger charge is -2.27. The maximum atomic E-state index is 14.4. The van der Waals surface area contributed by atoms with Gasteiger partial charge in [0.15, 0.2) is 11.4 Å². The molecule has 7 heteroatoms. The molecule has 0 aliphatic carbocycles. The molecule has 0 saturated carbocycles. The number of halogens is 1. The summed E-state index contributed by atoms with van der Waals surface area (Å²) < 4.78 is 20.4. The Morgan fingerprint density at radius 3 is 3.10 bits per heavy atom. The molecular formula is C22H21FN4O2. The highest BCUT2D eigenvalue weighted by Crippen LogP contribution is 2.39. The van der Waals surface area contributed by atoms with Crippen LogP contribution in [0.4, 0.5) is 4.39 Å². The minimum absolute atomic E-state index is 0.0745. The van der Waals surface area contributed by atoms with Crippen molar-refractivity contribution in [1.29, 1.82) is 0 Å². The van der Waals surface area contributed by atoms with Crippen molar-refractivity contribution in [3.63, 3.8) is 0 Å². The molecule has 0 radical (unpaired) electrons. The number of allylic oxidation sites excluding steroid dienone is 1. The molecule has 2 aliphatic heterocycles. The Kier molecular flexibility index (Phi) is 4.39. The van der Waals surface area contributed by atoms with Gasteiger partial charge in [0.25, 0.3) is 0 Å². The standard InChI is InChI=1S/C22H21FN4O2/c1-12-4-5-15-20(28)19(10-18-14-3-2-7-25-22(14)27-26-18)29-21(15)16(12)9-13-6-8-24-11-17(13)23/h2-5,7,10,13,17,24H,6,8-9,11H2,1H3,(H,25,26,27)/b19-10-/t13?,17-/m1/s1. The third kappa shape index (κ3) is 3.11. The van der Waals surface area contributed by atoms with E-state index in [2.05, 4.69) is 20.5 Å². The number of H-pyrrole nitrogens is 1. The average Bonchev–Trinajstić information content (AvgIpc) is 3.28. The number of aryl methyl sites for hydroxylation is 1. The number of fused-ring (bicyclic) bond motifs is 2. The van der Waals surface area contributed by atoms with Gasteiger partial charge in [0.2, 0.25) is 5.78 Å². The Balaban J connectivity index is 1.50. The SMILES string of the molecule is Cc1ccc2c(c1CC1CCNC[C@H]1F)O/C(=C\c1n[nH]c3ncccc13)C2=O. The van der Waals surface area contributed by atoms with E-state index in [0.29, 0.717) is 35.6 Å². The topological polar surface area (TPSA) is 79.9 Å². The molecule has 1 saturated heterocycles.